The van der Waals surface area contributed by atoms with Crippen molar-refractivity contribution in [3.63, 3.8) is 0 Å². The van der Waals surface area contributed by atoms with Crippen molar-refractivity contribution >= 4 is 11.6 Å². The van der Waals surface area contributed by atoms with E-state index in [-0.39, 0.29) is 18.2 Å². The molecule has 0 saturated carbocycles. The molecule has 0 saturated heterocycles. The molecule has 0 aliphatic heterocycles. The maximum absolute atomic E-state index is 12.2. The minimum Gasteiger partial charge on any atom is -0.392 e. The Kier molecular flexibility index (Phi) is 3.57. The van der Waals surface area contributed by atoms with Gasteiger partial charge in [-0.1, -0.05) is 6.07 Å². The van der Waals surface area contributed by atoms with E-state index in [9.17, 15) is 8.78 Å². The predicted octanol–water partition coefficient (Wildman–Crippen LogP) is 2.25. The van der Waals surface area contributed by atoms with Crippen LogP contribution in [-0.2, 0) is 12.5 Å². The Morgan fingerprint density at radius 3 is 2.62 bits per heavy atom. The van der Waals surface area contributed by atoms with Gasteiger partial charge in [0.2, 0.25) is 0 Å². The topological polar surface area (TPSA) is 33.1 Å². The molecule has 0 radical (unpaired) electrons. The number of hydrogen-bond acceptors (Lipinski definition) is 2. The summed E-state index contributed by atoms with van der Waals surface area (Å²) in [5.41, 5.74) is 0.481. The van der Waals surface area contributed by atoms with E-state index in [1.54, 1.807) is 0 Å². The fraction of sp³-hybridized carbons (Fsp3) is 0.375. The van der Waals surface area contributed by atoms with Gasteiger partial charge in [-0.25, -0.2) is 8.78 Å². The number of rotatable bonds is 3. The molecule has 5 heteroatoms. The third-order valence-electron chi connectivity index (χ3n) is 1.61. The number of aliphatic hydroxyl groups excluding tert-OH is 1. The molecule has 0 aliphatic rings. The third-order valence-corrected chi connectivity index (χ3v) is 1.86. The molecule has 0 spiro atoms. The van der Waals surface area contributed by atoms with E-state index in [1.165, 1.54) is 12.1 Å². The van der Waals surface area contributed by atoms with Gasteiger partial charge in [-0.05, 0) is 6.07 Å². The first-order chi connectivity index (χ1) is 6.19. The first-order valence-corrected chi connectivity index (χ1v) is 4.16. The molecule has 1 heterocycles. The molecular weight excluding hydrogens is 200 g/mol. The highest BCUT2D eigenvalue weighted by Crippen LogP contribution is 2.19. The van der Waals surface area contributed by atoms with Crippen molar-refractivity contribution in [3.05, 3.63) is 29.1 Å². The molecular formula is C8H8ClF2NO. The Balaban J connectivity index is 3.05. The smallest absolute Gasteiger partial charge is 0.280 e. The van der Waals surface area contributed by atoms with Crippen molar-refractivity contribution in [2.75, 3.05) is 0 Å². The molecule has 72 valence electrons. The summed E-state index contributed by atoms with van der Waals surface area (Å²) in [7, 11) is 0. The van der Waals surface area contributed by atoms with Crippen LogP contribution < -0.4 is 0 Å². The lowest BCUT2D eigenvalue weighted by molar-refractivity contribution is 0.145. The fourth-order valence-electron chi connectivity index (χ4n) is 0.928. The number of hydrogen-bond donors (Lipinski definition) is 1. The number of aliphatic hydroxyl groups is 1. The van der Waals surface area contributed by atoms with Gasteiger partial charge < -0.3 is 5.11 Å². The van der Waals surface area contributed by atoms with Crippen LogP contribution in [0, 0.1) is 0 Å². The lowest BCUT2D eigenvalue weighted by Crippen LogP contribution is -1.99. The lowest BCUT2D eigenvalue weighted by atomic mass is 10.2. The van der Waals surface area contributed by atoms with Gasteiger partial charge in [-0.2, -0.15) is 0 Å². The van der Waals surface area contributed by atoms with Crippen LogP contribution >= 0.6 is 11.6 Å². The third kappa shape index (κ3) is 2.35. The Labute approximate surface area is 79.2 Å². The number of halogens is 3. The maximum atomic E-state index is 12.2. The summed E-state index contributed by atoms with van der Waals surface area (Å²) in [4.78, 5) is 3.62. The minimum absolute atomic E-state index is 0.0243. The Morgan fingerprint density at radius 2 is 2.15 bits per heavy atom. The summed E-state index contributed by atoms with van der Waals surface area (Å²) in [6.07, 6.45) is -2.60. The molecule has 1 N–H and O–H groups in total. The Morgan fingerprint density at radius 1 is 1.46 bits per heavy atom. The molecule has 0 unspecified atom stereocenters. The van der Waals surface area contributed by atoms with E-state index in [0.717, 1.165) is 0 Å². The zero-order valence-corrected chi connectivity index (χ0v) is 7.43. The van der Waals surface area contributed by atoms with Crippen molar-refractivity contribution in [2.45, 2.75) is 18.9 Å². The predicted molar refractivity (Wildman–Crippen MR) is 44.7 cm³/mol. The van der Waals surface area contributed by atoms with Gasteiger partial charge in [0.25, 0.3) is 6.43 Å². The average Bonchev–Trinajstić information content (AvgIpc) is 2.16. The van der Waals surface area contributed by atoms with Gasteiger partial charge >= 0.3 is 0 Å². The molecule has 13 heavy (non-hydrogen) atoms. The van der Waals surface area contributed by atoms with Crippen LogP contribution in [0.1, 0.15) is 23.4 Å². The van der Waals surface area contributed by atoms with Crippen LogP contribution in [0.15, 0.2) is 12.1 Å². The number of pyridine rings is 1. The maximum Gasteiger partial charge on any atom is 0.280 e. The second-order valence-corrected chi connectivity index (χ2v) is 2.70. The van der Waals surface area contributed by atoms with Gasteiger partial charge in [0.15, 0.2) is 0 Å². The summed E-state index contributed by atoms with van der Waals surface area (Å²) in [5.74, 6) is 0.0243. The Bertz CT molecular complexity index is 293. The summed E-state index contributed by atoms with van der Waals surface area (Å²) >= 11 is 5.47. The molecule has 0 bridgehead atoms. The van der Waals surface area contributed by atoms with E-state index < -0.39 is 6.43 Å². The van der Waals surface area contributed by atoms with Gasteiger partial charge in [-0.15, -0.1) is 11.6 Å². The molecule has 2 nitrogen and oxygen atoms in total. The minimum atomic E-state index is -2.60. The van der Waals surface area contributed by atoms with E-state index in [1.807, 2.05) is 0 Å². The summed E-state index contributed by atoms with van der Waals surface area (Å²) in [5, 5.41) is 8.79. The molecule has 0 atom stereocenters. The van der Waals surface area contributed by atoms with Crippen LogP contribution in [0.2, 0.25) is 0 Å². The van der Waals surface area contributed by atoms with Gasteiger partial charge in [0.1, 0.15) is 5.69 Å². The van der Waals surface area contributed by atoms with Crippen LogP contribution in [0.25, 0.3) is 0 Å². The fourth-order valence-corrected chi connectivity index (χ4v) is 1.16. The van der Waals surface area contributed by atoms with Crippen molar-refractivity contribution < 1.29 is 13.9 Å². The highest BCUT2D eigenvalue weighted by Gasteiger charge is 2.11. The van der Waals surface area contributed by atoms with Gasteiger partial charge in [0.05, 0.1) is 18.2 Å². The lowest BCUT2D eigenvalue weighted by Gasteiger charge is -2.05. The van der Waals surface area contributed by atoms with Crippen LogP contribution in [0.3, 0.4) is 0 Å². The molecule has 0 aromatic carbocycles. The largest absolute Gasteiger partial charge is 0.392 e. The number of aromatic nitrogens is 1. The number of alkyl halides is 3. The quantitative estimate of drug-likeness (QED) is 0.772. The SMILES string of the molecule is OCc1ccc(C(F)F)nc1CCl. The van der Waals surface area contributed by atoms with Crippen LogP contribution in [0.5, 0.6) is 0 Å². The summed E-state index contributed by atoms with van der Waals surface area (Å²) < 4.78 is 24.3. The first kappa shape index (κ1) is 10.3. The summed E-state index contributed by atoms with van der Waals surface area (Å²) in [6.45, 7) is -0.238. The highest BCUT2D eigenvalue weighted by atomic mass is 35.5. The highest BCUT2D eigenvalue weighted by molar-refractivity contribution is 6.17. The van der Waals surface area contributed by atoms with Crippen molar-refractivity contribution in [2.24, 2.45) is 0 Å². The van der Waals surface area contributed by atoms with E-state index >= 15 is 0 Å². The van der Waals surface area contributed by atoms with E-state index in [2.05, 4.69) is 4.98 Å². The first-order valence-electron chi connectivity index (χ1n) is 3.62. The normalized spacial score (nSPS) is 10.8. The average molecular weight is 208 g/mol. The molecule has 1 rings (SSSR count). The second-order valence-electron chi connectivity index (χ2n) is 2.43. The van der Waals surface area contributed by atoms with E-state index in [0.29, 0.717) is 11.3 Å². The summed E-state index contributed by atoms with van der Waals surface area (Å²) in [6, 6.07) is 2.60. The molecule has 0 fully saturated rings. The Hall–Kier alpha value is -0.740. The monoisotopic (exact) mass is 207 g/mol. The molecule has 1 aromatic rings. The standard InChI is InChI=1S/C8H8ClF2NO/c9-3-7-5(4-13)1-2-6(12-7)8(10)11/h1-2,8,13H,3-4H2. The van der Waals surface area contributed by atoms with Crippen molar-refractivity contribution in [3.8, 4) is 0 Å². The molecule has 0 aliphatic carbocycles. The molecule has 1 aromatic heterocycles. The van der Waals surface area contributed by atoms with Crippen LogP contribution in [0.4, 0.5) is 8.78 Å². The van der Waals surface area contributed by atoms with Gasteiger partial charge in [0, 0.05) is 5.56 Å². The van der Waals surface area contributed by atoms with Crippen molar-refractivity contribution in [1.82, 2.24) is 4.98 Å². The number of nitrogens with zero attached hydrogens (tertiary/aromatic N) is 1. The van der Waals surface area contributed by atoms with Crippen LogP contribution in [-0.4, -0.2) is 10.1 Å². The zero-order valence-electron chi connectivity index (χ0n) is 6.67. The van der Waals surface area contributed by atoms with Gasteiger partial charge in [-0.3, -0.25) is 4.98 Å². The van der Waals surface area contributed by atoms with Crippen molar-refractivity contribution in [1.29, 1.82) is 0 Å². The second kappa shape index (κ2) is 4.48. The molecule has 0 amide bonds. The van der Waals surface area contributed by atoms with E-state index in [4.69, 9.17) is 16.7 Å². The zero-order chi connectivity index (χ0) is 9.84.